The minimum atomic E-state index is -0.379. The van der Waals surface area contributed by atoms with E-state index in [1.165, 1.54) is 11.1 Å². The van der Waals surface area contributed by atoms with Crippen LogP contribution in [0.2, 0.25) is 0 Å². The molecule has 0 fully saturated rings. The molecule has 1 unspecified atom stereocenters. The predicted octanol–water partition coefficient (Wildman–Crippen LogP) is -1.01. The van der Waals surface area contributed by atoms with Crippen LogP contribution in [0.1, 0.15) is 17.6 Å². The molecule has 1 atom stereocenters. The van der Waals surface area contributed by atoms with Crippen molar-refractivity contribution in [3.8, 4) is 0 Å². The Bertz CT molecular complexity index is 429. The minimum absolute atomic E-state index is 0.379. The van der Waals surface area contributed by atoms with Gasteiger partial charge in [0.2, 0.25) is 0 Å². The third-order valence-corrected chi connectivity index (χ3v) is 1.96. The summed E-state index contributed by atoms with van der Waals surface area (Å²) in [6, 6.07) is -0.379. The van der Waals surface area contributed by atoms with Crippen LogP contribution in [0, 0.1) is 0 Å². The monoisotopic (exact) mass is 193 g/mol. The van der Waals surface area contributed by atoms with Gasteiger partial charge in [0.15, 0.2) is 0 Å². The van der Waals surface area contributed by atoms with E-state index in [-0.39, 0.29) is 6.04 Å². The summed E-state index contributed by atoms with van der Waals surface area (Å²) in [4.78, 5) is 5.52. The molecule has 0 radical (unpaired) electrons. The Labute approximate surface area is 80.5 Å². The van der Waals surface area contributed by atoms with Crippen molar-refractivity contribution in [3.05, 3.63) is 24.0 Å². The van der Waals surface area contributed by atoms with Gasteiger partial charge in [-0.1, -0.05) is 0 Å². The first-order valence-corrected chi connectivity index (χ1v) is 4.14. The van der Waals surface area contributed by atoms with Gasteiger partial charge >= 0.3 is 0 Å². The number of nitrogens with two attached hydrogens (primary N) is 1. The summed E-state index contributed by atoms with van der Waals surface area (Å²) in [7, 11) is 3.53. The zero-order valence-electron chi connectivity index (χ0n) is 7.99. The highest BCUT2D eigenvalue weighted by atomic mass is 15.5. The van der Waals surface area contributed by atoms with E-state index in [1.807, 2.05) is 0 Å². The molecule has 14 heavy (non-hydrogen) atoms. The average molecular weight is 193 g/mol. The Kier molecular flexibility index (Phi) is 2.01. The molecule has 0 aliphatic rings. The van der Waals surface area contributed by atoms with Crippen LogP contribution in [0.4, 0.5) is 0 Å². The Morgan fingerprint density at radius 2 is 2.14 bits per heavy atom. The fourth-order valence-electron chi connectivity index (χ4n) is 1.22. The molecule has 0 bridgehead atoms. The number of aromatic nitrogens is 6. The van der Waals surface area contributed by atoms with E-state index >= 15 is 0 Å². The summed E-state index contributed by atoms with van der Waals surface area (Å²) in [5.41, 5.74) is 6.62. The molecule has 0 aliphatic heterocycles. The Morgan fingerprint density at radius 3 is 2.64 bits per heavy atom. The summed E-state index contributed by atoms with van der Waals surface area (Å²) in [6.07, 6.45) is 3.09. The van der Waals surface area contributed by atoms with E-state index in [9.17, 15) is 0 Å². The van der Waals surface area contributed by atoms with Gasteiger partial charge in [-0.2, -0.15) is 20.1 Å². The molecule has 0 saturated carbocycles. The quantitative estimate of drug-likeness (QED) is 0.660. The van der Waals surface area contributed by atoms with Crippen molar-refractivity contribution in [1.82, 2.24) is 29.8 Å². The summed E-state index contributed by atoms with van der Waals surface area (Å²) < 4.78 is 1.62. The van der Waals surface area contributed by atoms with Gasteiger partial charge in [-0.15, -0.1) is 0 Å². The first kappa shape index (κ1) is 8.82. The molecular formula is C7H11N7. The van der Waals surface area contributed by atoms with Crippen molar-refractivity contribution in [2.45, 2.75) is 6.04 Å². The summed E-state index contributed by atoms with van der Waals surface area (Å²) in [5, 5.41) is 12.0. The van der Waals surface area contributed by atoms with E-state index in [1.54, 1.807) is 25.0 Å². The second-order valence-electron chi connectivity index (χ2n) is 2.98. The molecule has 0 saturated heterocycles. The lowest BCUT2D eigenvalue weighted by Gasteiger charge is -2.05. The lowest BCUT2D eigenvalue weighted by atomic mass is 10.2. The molecule has 0 aromatic carbocycles. The van der Waals surface area contributed by atoms with Crippen LogP contribution < -0.4 is 5.73 Å². The van der Waals surface area contributed by atoms with Crippen LogP contribution in [0.15, 0.2) is 12.5 Å². The van der Waals surface area contributed by atoms with E-state index in [2.05, 4.69) is 20.3 Å². The van der Waals surface area contributed by atoms with Gasteiger partial charge in [0.05, 0.1) is 6.20 Å². The topological polar surface area (TPSA) is 87.4 Å². The van der Waals surface area contributed by atoms with Gasteiger partial charge < -0.3 is 5.73 Å². The SMILES string of the molecule is Cn1ncc(C(N)c2ncnn2C)n1. The molecule has 2 aromatic rings. The van der Waals surface area contributed by atoms with E-state index in [4.69, 9.17) is 5.73 Å². The maximum absolute atomic E-state index is 5.94. The second kappa shape index (κ2) is 3.18. The number of hydrogen-bond acceptors (Lipinski definition) is 5. The molecule has 2 aromatic heterocycles. The molecule has 0 amide bonds. The van der Waals surface area contributed by atoms with Crippen molar-refractivity contribution >= 4 is 0 Å². The molecule has 2 heterocycles. The molecule has 2 rings (SSSR count). The van der Waals surface area contributed by atoms with E-state index in [0.717, 1.165) is 0 Å². The number of hydrogen-bond donors (Lipinski definition) is 1. The van der Waals surface area contributed by atoms with Crippen molar-refractivity contribution in [1.29, 1.82) is 0 Å². The predicted molar refractivity (Wildman–Crippen MR) is 48.0 cm³/mol. The molecule has 7 heteroatoms. The van der Waals surface area contributed by atoms with Gasteiger partial charge in [-0.05, 0) is 0 Å². The zero-order valence-corrected chi connectivity index (χ0v) is 7.99. The number of aryl methyl sites for hydroxylation is 2. The van der Waals surface area contributed by atoms with E-state index in [0.29, 0.717) is 11.5 Å². The van der Waals surface area contributed by atoms with Gasteiger partial charge in [0.1, 0.15) is 23.9 Å². The summed E-state index contributed by atoms with van der Waals surface area (Å²) in [6.45, 7) is 0. The Hall–Kier alpha value is -1.76. The maximum atomic E-state index is 5.94. The highest BCUT2D eigenvalue weighted by molar-refractivity contribution is 5.11. The third kappa shape index (κ3) is 1.37. The van der Waals surface area contributed by atoms with Crippen LogP contribution >= 0.6 is 0 Å². The van der Waals surface area contributed by atoms with Crippen molar-refractivity contribution in [2.24, 2.45) is 19.8 Å². The first-order valence-electron chi connectivity index (χ1n) is 4.14. The minimum Gasteiger partial charge on any atom is -0.316 e. The van der Waals surface area contributed by atoms with Crippen LogP contribution in [-0.2, 0) is 14.1 Å². The van der Waals surface area contributed by atoms with Crippen LogP contribution in [0.3, 0.4) is 0 Å². The van der Waals surface area contributed by atoms with Crippen LogP contribution in [0.5, 0.6) is 0 Å². The molecule has 74 valence electrons. The molecule has 0 aliphatic carbocycles. The molecule has 7 nitrogen and oxygen atoms in total. The normalized spacial score (nSPS) is 13.1. The fraction of sp³-hybridized carbons (Fsp3) is 0.429. The highest BCUT2D eigenvalue weighted by Crippen LogP contribution is 2.12. The summed E-state index contributed by atoms with van der Waals surface area (Å²) >= 11 is 0. The number of nitrogens with zero attached hydrogens (tertiary/aromatic N) is 6. The third-order valence-electron chi connectivity index (χ3n) is 1.96. The Morgan fingerprint density at radius 1 is 1.36 bits per heavy atom. The molecule has 0 spiro atoms. The van der Waals surface area contributed by atoms with E-state index < -0.39 is 0 Å². The van der Waals surface area contributed by atoms with Gasteiger partial charge in [-0.25, -0.2) is 4.98 Å². The highest BCUT2D eigenvalue weighted by Gasteiger charge is 2.16. The zero-order chi connectivity index (χ0) is 10.1. The largest absolute Gasteiger partial charge is 0.316 e. The van der Waals surface area contributed by atoms with Crippen molar-refractivity contribution in [3.63, 3.8) is 0 Å². The van der Waals surface area contributed by atoms with Gasteiger partial charge in [0, 0.05) is 14.1 Å². The Balaban J connectivity index is 2.33. The van der Waals surface area contributed by atoms with Gasteiger partial charge in [-0.3, -0.25) is 4.68 Å². The average Bonchev–Trinajstić information content (AvgIpc) is 2.73. The number of rotatable bonds is 2. The summed E-state index contributed by atoms with van der Waals surface area (Å²) in [5.74, 6) is 0.672. The smallest absolute Gasteiger partial charge is 0.149 e. The first-order chi connectivity index (χ1) is 6.68. The molecular weight excluding hydrogens is 182 g/mol. The van der Waals surface area contributed by atoms with Crippen molar-refractivity contribution in [2.75, 3.05) is 0 Å². The second-order valence-corrected chi connectivity index (χ2v) is 2.98. The van der Waals surface area contributed by atoms with Gasteiger partial charge in [0.25, 0.3) is 0 Å². The lowest BCUT2D eigenvalue weighted by molar-refractivity contribution is 0.614. The lowest BCUT2D eigenvalue weighted by Crippen LogP contribution is -2.17. The van der Waals surface area contributed by atoms with Crippen molar-refractivity contribution < 1.29 is 0 Å². The van der Waals surface area contributed by atoms with Crippen LogP contribution in [-0.4, -0.2) is 29.8 Å². The van der Waals surface area contributed by atoms with Crippen LogP contribution in [0.25, 0.3) is 0 Å². The standard InChI is InChI=1S/C7H11N7/c1-13-7(9-4-11-13)6(8)5-3-10-14(2)12-5/h3-4,6H,8H2,1-2H3. The fourth-order valence-corrected chi connectivity index (χ4v) is 1.22. The maximum Gasteiger partial charge on any atom is 0.149 e. The molecule has 2 N–H and O–H groups in total.